The zero-order valence-electron chi connectivity index (χ0n) is 28.7. The van der Waals surface area contributed by atoms with E-state index >= 15 is 0 Å². The maximum absolute atomic E-state index is 10.1. The smallest absolute Gasteiger partial charge is 0.164 e. The molecule has 4 aliphatic heterocycles. The molecule has 0 aliphatic carbocycles. The van der Waals surface area contributed by atoms with E-state index < -0.39 is 60.8 Å². The standard InChI is InChI=1S/2C11H20O5.C5H12O5.C3H6O.CH4/c1-10(2)13-5-7(15-10)9(12)8-6-14-11(3,4)16-8;1-10(2)13-6-8(15-10)9-7(5-12)14-11(3,4)16-9;6-1-3(8)5(10)4(9)2-7;1-3(2)4;/h2*7-9,12H,5-6H2,1-4H3;3-10H,1-2H2;1-2H3;1H4/t7-,8+,9?;7-,8+,9-;3-,4+,5?;;/m.1.../s1. The van der Waals surface area contributed by atoms with E-state index in [2.05, 4.69) is 0 Å². The highest BCUT2D eigenvalue weighted by molar-refractivity contribution is 5.72. The average Bonchev–Trinajstić information content (AvgIpc) is 3.70. The first-order valence-electron chi connectivity index (χ1n) is 15.3. The molecule has 47 heavy (non-hydrogen) atoms. The lowest BCUT2D eigenvalue weighted by Crippen LogP contribution is -2.41. The van der Waals surface area contributed by atoms with Crippen molar-refractivity contribution in [2.24, 2.45) is 0 Å². The first-order chi connectivity index (χ1) is 21.0. The molecule has 16 heteroatoms. The topological polar surface area (TPSA) is 233 Å². The molecule has 0 radical (unpaired) electrons. The van der Waals surface area contributed by atoms with E-state index in [0.717, 1.165) is 0 Å². The number of aliphatic hydroxyl groups is 7. The number of hydrogen-bond donors (Lipinski definition) is 7. The Labute approximate surface area is 278 Å². The molecule has 0 aromatic carbocycles. The summed E-state index contributed by atoms with van der Waals surface area (Å²) in [5.41, 5.74) is 0. The van der Waals surface area contributed by atoms with Crippen molar-refractivity contribution in [1.82, 2.24) is 0 Å². The van der Waals surface area contributed by atoms with Crippen molar-refractivity contribution in [2.75, 3.05) is 39.6 Å². The number of carbonyl (C=O) groups is 1. The van der Waals surface area contributed by atoms with Gasteiger partial charge in [-0.15, -0.1) is 0 Å². The van der Waals surface area contributed by atoms with Crippen LogP contribution >= 0.6 is 0 Å². The van der Waals surface area contributed by atoms with Gasteiger partial charge in [-0.3, -0.25) is 0 Å². The first-order valence-corrected chi connectivity index (χ1v) is 15.3. The van der Waals surface area contributed by atoms with Gasteiger partial charge in [0.1, 0.15) is 60.7 Å². The third kappa shape index (κ3) is 16.1. The normalized spacial score (nSPS) is 32.1. The molecule has 2 unspecified atom stereocenters. The van der Waals surface area contributed by atoms with Crippen LogP contribution in [0.4, 0.5) is 0 Å². The lowest BCUT2D eigenvalue weighted by molar-refractivity contribution is -0.178. The molecule has 16 nitrogen and oxygen atoms in total. The summed E-state index contributed by atoms with van der Waals surface area (Å²) in [5, 5.41) is 61.9. The Bertz CT molecular complexity index is 857. The van der Waals surface area contributed by atoms with Gasteiger partial charge in [-0.2, -0.15) is 0 Å². The summed E-state index contributed by atoms with van der Waals surface area (Å²) >= 11 is 0. The van der Waals surface area contributed by atoms with E-state index in [-0.39, 0.29) is 50.3 Å². The zero-order chi connectivity index (χ0) is 35.7. The molecule has 4 aliphatic rings. The van der Waals surface area contributed by atoms with Crippen LogP contribution in [0.5, 0.6) is 0 Å². The van der Waals surface area contributed by atoms with Gasteiger partial charge in [0.2, 0.25) is 0 Å². The lowest BCUT2D eigenvalue weighted by atomic mass is 10.1. The third-order valence-electron chi connectivity index (χ3n) is 6.78. The second kappa shape index (κ2) is 19.5. The van der Waals surface area contributed by atoms with Crippen molar-refractivity contribution in [3.63, 3.8) is 0 Å². The quantitative estimate of drug-likeness (QED) is 0.171. The van der Waals surface area contributed by atoms with Gasteiger partial charge in [0.15, 0.2) is 23.1 Å². The number of rotatable bonds is 8. The highest BCUT2D eigenvalue weighted by atomic mass is 16.8. The SMILES string of the molecule is C.CC(C)=O.CC1(C)OC[C@@H](C(O)[C@H]2COC(C)(C)O2)O1.CC1(C)OC[C@@H]([C@@H]2OC(C)(C)O[C@@H]2CO)O1.OC[C@@H](O)C(O)[C@@H](O)CO. The molecule has 0 saturated carbocycles. The fourth-order valence-corrected chi connectivity index (χ4v) is 4.68. The maximum atomic E-state index is 10.1. The van der Waals surface area contributed by atoms with Crippen LogP contribution in [0.15, 0.2) is 0 Å². The number of hydrogen-bond acceptors (Lipinski definition) is 16. The van der Waals surface area contributed by atoms with Crippen molar-refractivity contribution in [3.05, 3.63) is 0 Å². The molecular weight excluding hydrogens is 628 g/mol. The Balaban J connectivity index is 0.000000649. The maximum Gasteiger partial charge on any atom is 0.164 e. The largest absolute Gasteiger partial charge is 0.394 e. The number of Topliss-reactive ketones (excluding diaryl/α,β-unsaturated/α-hetero) is 1. The van der Waals surface area contributed by atoms with Gasteiger partial charge in [-0.05, 0) is 69.2 Å². The van der Waals surface area contributed by atoms with Gasteiger partial charge in [0.25, 0.3) is 0 Å². The summed E-state index contributed by atoms with van der Waals surface area (Å²) in [6, 6.07) is 0. The highest BCUT2D eigenvalue weighted by Crippen LogP contribution is 2.35. The summed E-state index contributed by atoms with van der Waals surface area (Å²) in [7, 11) is 0. The minimum absolute atomic E-state index is 0. The van der Waals surface area contributed by atoms with Crippen LogP contribution in [0.2, 0.25) is 0 Å². The number of aliphatic hydroxyl groups excluding tert-OH is 7. The Morgan fingerprint density at radius 2 is 1.02 bits per heavy atom. The van der Waals surface area contributed by atoms with Gasteiger partial charge in [-0.1, -0.05) is 7.43 Å². The van der Waals surface area contributed by atoms with Crippen LogP contribution in [-0.2, 0) is 42.7 Å². The molecule has 0 aromatic rings. The van der Waals surface area contributed by atoms with E-state index in [4.69, 9.17) is 63.4 Å². The van der Waals surface area contributed by atoms with E-state index in [1.54, 1.807) is 0 Å². The van der Waals surface area contributed by atoms with Crippen LogP contribution in [0.25, 0.3) is 0 Å². The molecule has 0 bridgehead atoms. The molecule has 4 heterocycles. The molecule has 282 valence electrons. The predicted molar refractivity (Wildman–Crippen MR) is 167 cm³/mol. The van der Waals surface area contributed by atoms with Crippen LogP contribution in [-0.4, -0.2) is 159 Å². The fraction of sp³-hybridized carbons (Fsp3) is 0.968. The lowest BCUT2D eigenvalue weighted by Gasteiger charge is -2.24. The zero-order valence-corrected chi connectivity index (χ0v) is 28.7. The summed E-state index contributed by atoms with van der Waals surface area (Å²) in [5.74, 6) is -2.34. The van der Waals surface area contributed by atoms with Crippen molar-refractivity contribution in [2.45, 2.75) is 155 Å². The van der Waals surface area contributed by atoms with Crippen LogP contribution in [0.1, 0.15) is 76.7 Å². The van der Waals surface area contributed by atoms with E-state index in [0.29, 0.717) is 19.8 Å². The Morgan fingerprint density at radius 1 is 0.638 bits per heavy atom. The van der Waals surface area contributed by atoms with Crippen molar-refractivity contribution in [1.29, 1.82) is 0 Å². The monoisotopic (exact) mass is 690 g/mol. The summed E-state index contributed by atoms with van der Waals surface area (Å²) < 4.78 is 44.5. The van der Waals surface area contributed by atoms with Crippen molar-refractivity contribution in [3.8, 4) is 0 Å². The Hall–Kier alpha value is -0.930. The minimum Gasteiger partial charge on any atom is -0.394 e. The molecule has 4 rings (SSSR count). The van der Waals surface area contributed by atoms with Crippen molar-refractivity contribution < 1.29 is 78.4 Å². The molecule has 0 spiro atoms. The molecule has 7 N–H and O–H groups in total. The van der Waals surface area contributed by atoms with Crippen LogP contribution < -0.4 is 0 Å². The second-order valence-corrected chi connectivity index (χ2v) is 13.3. The summed E-state index contributed by atoms with van der Waals surface area (Å²) in [6.45, 7) is 17.6. The average molecular weight is 691 g/mol. The van der Waals surface area contributed by atoms with Crippen LogP contribution in [0.3, 0.4) is 0 Å². The third-order valence-corrected chi connectivity index (χ3v) is 6.78. The van der Waals surface area contributed by atoms with Crippen LogP contribution in [0, 0.1) is 0 Å². The molecule has 4 saturated heterocycles. The van der Waals surface area contributed by atoms with E-state index in [1.807, 2.05) is 55.4 Å². The Morgan fingerprint density at radius 3 is 1.32 bits per heavy atom. The number of ketones is 1. The van der Waals surface area contributed by atoms with E-state index in [9.17, 15) is 15.0 Å². The van der Waals surface area contributed by atoms with Gasteiger partial charge >= 0.3 is 0 Å². The van der Waals surface area contributed by atoms with E-state index in [1.165, 1.54) is 13.8 Å². The number of ether oxygens (including phenoxy) is 8. The fourth-order valence-electron chi connectivity index (χ4n) is 4.68. The summed E-state index contributed by atoms with van der Waals surface area (Å²) in [6.07, 6.45) is -6.52. The van der Waals surface area contributed by atoms with Gasteiger partial charge < -0.3 is 78.4 Å². The summed E-state index contributed by atoms with van der Waals surface area (Å²) in [4.78, 5) is 9.44. The minimum atomic E-state index is -1.49. The molecule has 9 atom stereocenters. The van der Waals surface area contributed by atoms with Gasteiger partial charge in [0, 0.05) is 0 Å². The molecule has 0 amide bonds. The van der Waals surface area contributed by atoms with Gasteiger partial charge in [0.05, 0.1) is 39.6 Å². The second-order valence-electron chi connectivity index (χ2n) is 13.3. The molecule has 4 fully saturated rings. The number of carbonyl (C=O) groups excluding carboxylic acids is 1. The predicted octanol–water partition coefficient (Wildman–Crippen LogP) is -0.414. The first kappa shape index (κ1) is 46.1. The van der Waals surface area contributed by atoms with Gasteiger partial charge in [-0.25, -0.2) is 0 Å². The highest BCUT2D eigenvalue weighted by Gasteiger charge is 2.49. The van der Waals surface area contributed by atoms with Crippen molar-refractivity contribution >= 4 is 5.78 Å². The molecular formula is C31H62O16. The Kier molecular flexibility index (Phi) is 19.1. The molecule has 0 aromatic heterocycles.